The van der Waals surface area contributed by atoms with Crippen molar-refractivity contribution in [2.45, 2.75) is 6.42 Å². The highest BCUT2D eigenvalue weighted by molar-refractivity contribution is 6.31. The lowest BCUT2D eigenvalue weighted by Crippen LogP contribution is -2.14. The second kappa shape index (κ2) is 6.73. The quantitative estimate of drug-likeness (QED) is 0.821. The van der Waals surface area contributed by atoms with Crippen LogP contribution in [-0.4, -0.2) is 12.4 Å². The summed E-state index contributed by atoms with van der Waals surface area (Å²) in [6, 6.07) is 10.7. The Hall–Kier alpha value is -1.58. The van der Waals surface area contributed by atoms with Crippen LogP contribution in [0.3, 0.4) is 0 Å². The number of carbonyl (C=O) groups is 1. The summed E-state index contributed by atoms with van der Waals surface area (Å²) < 4.78 is 18.4. The maximum absolute atomic E-state index is 13.1. The Morgan fingerprint density at radius 1 is 1.15 bits per heavy atom. The van der Waals surface area contributed by atoms with Gasteiger partial charge < -0.3 is 4.74 Å². The van der Waals surface area contributed by atoms with Gasteiger partial charge in [0.1, 0.15) is 18.2 Å². The van der Waals surface area contributed by atoms with E-state index in [1.165, 1.54) is 18.2 Å². The predicted octanol–water partition coefficient (Wildman–Crippen LogP) is 4.32. The van der Waals surface area contributed by atoms with Gasteiger partial charge in [0.15, 0.2) is 5.78 Å². The van der Waals surface area contributed by atoms with E-state index < -0.39 is 5.82 Å². The molecule has 2 aromatic rings. The molecule has 0 aliphatic heterocycles. The van der Waals surface area contributed by atoms with Crippen molar-refractivity contribution in [2.75, 3.05) is 6.61 Å². The van der Waals surface area contributed by atoms with Crippen LogP contribution in [0.2, 0.25) is 10.0 Å². The van der Waals surface area contributed by atoms with Gasteiger partial charge in [0, 0.05) is 16.5 Å². The highest BCUT2D eigenvalue weighted by Crippen LogP contribution is 2.19. The predicted molar refractivity (Wildman–Crippen MR) is 77.1 cm³/mol. The van der Waals surface area contributed by atoms with E-state index in [9.17, 15) is 9.18 Å². The lowest BCUT2D eigenvalue weighted by Gasteiger charge is -2.07. The standard InChI is InChI=1S/C15H11Cl2FO2/c16-11-2-1-3-14(8-11)20-9-13(19)7-10-6-12(18)4-5-15(10)17/h1-6,8H,7,9H2. The monoisotopic (exact) mass is 312 g/mol. The van der Waals surface area contributed by atoms with E-state index in [1.807, 2.05) is 0 Å². The molecule has 20 heavy (non-hydrogen) atoms. The largest absolute Gasteiger partial charge is 0.486 e. The molecule has 0 amide bonds. The second-order valence-corrected chi connectivity index (χ2v) is 5.04. The second-order valence-electron chi connectivity index (χ2n) is 4.20. The van der Waals surface area contributed by atoms with Crippen molar-refractivity contribution in [1.29, 1.82) is 0 Å². The minimum Gasteiger partial charge on any atom is -0.486 e. The summed E-state index contributed by atoms with van der Waals surface area (Å²) in [5, 5.41) is 0.894. The summed E-state index contributed by atoms with van der Waals surface area (Å²) in [6.45, 7) is -0.118. The minimum absolute atomic E-state index is 0.0250. The molecule has 2 aromatic carbocycles. The molecule has 2 rings (SSSR count). The summed E-state index contributed by atoms with van der Waals surface area (Å²) in [4.78, 5) is 11.8. The summed E-state index contributed by atoms with van der Waals surface area (Å²) in [6.07, 6.45) is 0.0250. The molecule has 0 heterocycles. The first-order chi connectivity index (χ1) is 9.54. The van der Waals surface area contributed by atoms with Crippen LogP contribution in [0.5, 0.6) is 5.75 Å². The zero-order valence-corrected chi connectivity index (χ0v) is 11.9. The van der Waals surface area contributed by atoms with Crippen molar-refractivity contribution in [2.24, 2.45) is 0 Å². The van der Waals surface area contributed by atoms with E-state index in [4.69, 9.17) is 27.9 Å². The first-order valence-electron chi connectivity index (χ1n) is 5.88. The van der Waals surface area contributed by atoms with Gasteiger partial charge in [-0.05, 0) is 42.0 Å². The molecule has 0 aliphatic carbocycles. The highest BCUT2D eigenvalue weighted by atomic mass is 35.5. The summed E-state index contributed by atoms with van der Waals surface area (Å²) >= 11 is 11.7. The number of hydrogen-bond acceptors (Lipinski definition) is 2. The van der Waals surface area contributed by atoms with Crippen LogP contribution in [0.15, 0.2) is 42.5 Å². The Bertz CT molecular complexity index is 629. The van der Waals surface area contributed by atoms with E-state index in [0.717, 1.165) is 0 Å². The molecule has 0 atom stereocenters. The molecular formula is C15H11Cl2FO2. The van der Waals surface area contributed by atoms with Crippen LogP contribution in [0.1, 0.15) is 5.56 Å². The lowest BCUT2D eigenvalue weighted by atomic mass is 10.1. The molecule has 0 fully saturated rings. The molecule has 0 aromatic heterocycles. The maximum Gasteiger partial charge on any atom is 0.174 e. The Labute approximate surface area is 126 Å². The van der Waals surface area contributed by atoms with E-state index >= 15 is 0 Å². The number of benzene rings is 2. The molecule has 5 heteroatoms. The number of ether oxygens (including phenoxy) is 1. The van der Waals surface area contributed by atoms with Crippen molar-refractivity contribution in [3.63, 3.8) is 0 Å². The lowest BCUT2D eigenvalue weighted by molar-refractivity contribution is -0.120. The Balaban J connectivity index is 1.94. The van der Waals surface area contributed by atoms with E-state index in [2.05, 4.69) is 0 Å². The molecule has 104 valence electrons. The maximum atomic E-state index is 13.1. The van der Waals surface area contributed by atoms with Gasteiger partial charge in [0.05, 0.1) is 0 Å². The molecule has 0 N–H and O–H groups in total. The third-order valence-electron chi connectivity index (χ3n) is 2.59. The molecule has 0 bridgehead atoms. The van der Waals surface area contributed by atoms with Gasteiger partial charge >= 0.3 is 0 Å². The Morgan fingerprint density at radius 3 is 2.70 bits per heavy atom. The van der Waals surface area contributed by atoms with Crippen LogP contribution in [0.4, 0.5) is 4.39 Å². The number of rotatable bonds is 5. The third kappa shape index (κ3) is 4.22. The van der Waals surface area contributed by atoms with E-state index in [1.54, 1.807) is 24.3 Å². The van der Waals surface area contributed by atoms with Gasteiger partial charge in [-0.1, -0.05) is 29.3 Å². The summed E-state index contributed by atoms with van der Waals surface area (Å²) in [7, 11) is 0. The van der Waals surface area contributed by atoms with Crippen molar-refractivity contribution >= 4 is 29.0 Å². The zero-order valence-electron chi connectivity index (χ0n) is 10.4. The average Bonchev–Trinajstić information content (AvgIpc) is 2.41. The Kier molecular flexibility index (Phi) is 4.99. The topological polar surface area (TPSA) is 26.3 Å². The summed E-state index contributed by atoms with van der Waals surface area (Å²) in [5.41, 5.74) is 0.450. The van der Waals surface area contributed by atoms with Gasteiger partial charge in [-0.3, -0.25) is 4.79 Å². The van der Waals surface area contributed by atoms with Crippen LogP contribution in [0, 0.1) is 5.82 Å². The number of ketones is 1. The van der Waals surface area contributed by atoms with Crippen molar-refractivity contribution < 1.29 is 13.9 Å². The first kappa shape index (κ1) is 14.8. The van der Waals surface area contributed by atoms with E-state index in [0.29, 0.717) is 21.4 Å². The highest BCUT2D eigenvalue weighted by Gasteiger charge is 2.09. The van der Waals surface area contributed by atoms with Gasteiger partial charge in [-0.25, -0.2) is 4.39 Å². The molecule has 0 saturated heterocycles. The Morgan fingerprint density at radius 2 is 1.95 bits per heavy atom. The number of hydrogen-bond donors (Lipinski definition) is 0. The number of halogens is 3. The minimum atomic E-state index is -0.423. The van der Waals surface area contributed by atoms with E-state index in [-0.39, 0.29) is 18.8 Å². The fraction of sp³-hybridized carbons (Fsp3) is 0.133. The van der Waals surface area contributed by atoms with Gasteiger partial charge in [-0.15, -0.1) is 0 Å². The average molecular weight is 313 g/mol. The molecule has 2 nitrogen and oxygen atoms in total. The molecule has 0 saturated carbocycles. The summed E-state index contributed by atoms with van der Waals surface area (Å²) in [5.74, 6) is -0.110. The molecule has 0 spiro atoms. The zero-order chi connectivity index (χ0) is 14.5. The number of Topliss-reactive ketones (excluding diaryl/α,β-unsaturated/α-hetero) is 1. The first-order valence-corrected chi connectivity index (χ1v) is 6.64. The molecule has 0 radical (unpaired) electrons. The number of carbonyl (C=O) groups excluding carboxylic acids is 1. The fourth-order valence-corrected chi connectivity index (χ4v) is 2.03. The third-order valence-corrected chi connectivity index (χ3v) is 3.20. The van der Waals surface area contributed by atoms with Gasteiger partial charge in [0.2, 0.25) is 0 Å². The van der Waals surface area contributed by atoms with Gasteiger partial charge in [0.25, 0.3) is 0 Å². The molecule has 0 unspecified atom stereocenters. The smallest absolute Gasteiger partial charge is 0.174 e. The van der Waals surface area contributed by atoms with Crippen LogP contribution < -0.4 is 4.74 Å². The van der Waals surface area contributed by atoms with Crippen molar-refractivity contribution in [3.05, 3.63) is 63.9 Å². The molecule has 0 aliphatic rings. The van der Waals surface area contributed by atoms with Gasteiger partial charge in [-0.2, -0.15) is 0 Å². The van der Waals surface area contributed by atoms with Crippen molar-refractivity contribution in [1.82, 2.24) is 0 Å². The van der Waals surface area contributed by atoms with Crippen LogP contribution in [0.25, 0.3) is 0 Å². The van der Waals surface area contributed by atoms with Crippen molar-refractivity contribution in [3.8, 4) is 5.75 Å². The normalized spacial score (nSPS) is 10.3. The fourth-order valence-electron chi connectivity index (χ4n) is 1.66. The molecular weight excluding hydrogens is 302 g/mol. The van der Waals surface area contributed by atoms with Crippen LogP contribution in [-0.2, 0) is 11.2 Å². The SMILES string of the molecule is O=C(COc1cccc(Cl)c1)Cc1cc(F)ccc1Cl. The van der Waals surface area contributed by atoms with Crippen LogP contribution >= 0.6 is 23.2 Å².